The van der Waals surface area contributed by atoms with Crippen molar-refractivity contribution in [1.29, 1.82) is 0 Å². The van der Waals surface area contributed by atoms with Crippen molar-refractivity contribution in [2.45, 2.75) is 19.3 Å². The van der Waals surface area contributed by atoms with Crippen LogP contribution in [0.3, 0.4) is 0 Å². The fourth-order valence-corrected chi connectivity index (χ4v) is 3.39. The van der Waals surface area contributed by atoms with Gasteiger partial charge in [-0.2, -0.15) is 0 Å². The predicted molar refractivity (Wildman–Crippen MR) is 106 cm³/mol. The fourth-order valence-electron chi connectivity index (χ4n) is 3.19. The first-order valence-electron chi connectivity index (χ1n) is 8.55. The first kappa shape index (κ1) is 18.3. The standard InChI is InChI=1S/C22H21ClO3/c1-25-20-11-5-9-18(22(20)26-2)14-17-8-4-7-16(21(17)24)12-15-6-3-10-19(23)13-15/h3,5-6,9-14H,4,7-8H2,1-2H3/b16-12+,17-14+. The highest BCUT2D eigenvalue weighted by molar-refractivity contribution is 6.30. The Balaban J connectivity index is 1.94. The molecule has 0 radical (unpaired) electrons. The lowest BCUT2D eigenvalue weighted by Crippen LogP contribution is -2.12. The van der Waals surface area contributed by atoms with E-state index >= 15 is 0 Å². The highest BCUT2D eigenvalue weighted by atomic mass is 35.5. The van der Waals surface area contributed by atoms with E-state index in [0.717, 1.165) is 41.5 Å². The van der Waals surface area contributed by atoms with Crippen LogP contribution in [0, 0.1) is 0 Å². The second-order valence-corrected chi connectivity index (χ2v) is 6.60. The van der Waals surface area contributed by atoms with Gasteiger partial charge in [0.2, 0.25) is 0 Å². The third-order valence-corrected chi connectivity index (χ3v) is 4.66. The normalized spacial score (nSPS) is 17.6. The first-order valence-corrected chi connectivity index (χ1v) is 8.92. The molecule has 3 rings (SSSR count). The zero-order valence-electron chi connectivity index (χ0n) is 14.9. The van der Waals surface area contributed by atoms with Gasteiger partial charge in [-0.1, -0.05) is 35.9 Å². The van der Waals surface area contributed by atoms with E-state index in [-0.39, 0.29) is 5.78 Å². The molecule has 0 aromatic heterocycles. The molecule has 1 aliphatic rings. The summed E-state index contributed by atoms with van der Waals surface area (Å²) in [5, 5.41) is 0.666. The monoisotopic (exact) mass is 368 g/mol. The lowest BCUT2D eigenvalue weighted by Gasteiger charge is -2.17. The Morgan fingerprint density at radius 3 is 2.38 bits per heavy atom. The van der Waals surface area contributed by atoms with E-state index < -0.39 is 0 Å². The van der Waals surface area contributed by atoms with Crippen molar-refractivity contribution in [1.82, 2.24) is 0 Å². The van der Waals surface area contributed by atoms with Crippen molar-refractivity contribution < 1.29 is 14.3 Å². The maximum Gasteiger partial charge on any atom is 0.185 e. The number of Topliss-reactive ketones (excluding diaryl/α,β-unsaturated/α-hetero) is 1. The Labute approximate surface area is 158 Å². The van der Waals surface area contributed by atoms with Gasteiger partial charge in [-0.15, -0.1) is 0 Å². The molecule has 0 N–H and O–H groups in total. The van der Waals surface area contributed by atoms with Crippen LogP contribution in [0.1, 0.15) is 30.4 Å². The molecular formula is C22H21ClO3. The van der Waals surface area contributed by atoms with E-state index in [1.165, 1.54) is 0 Å². The molecule has 0 aliphatic heterocycles. The number of halogens is 1. The number of para-hydroxylation sites is 1. The van der Waals surface area contributed by atoms with E-state index in [9.17, 15) is 4.79 Å². The summed E-state index contributed by atoms with van der Waals surface area (Å²) in [4.78, 5) is 12.9. The summed E-state index contributed by atoms with van der Waals surface area (Å²) in [5.41, 5.74) is 3.39. The summed E-state index contributed by atoms with van der Waals surface area (Å²) in [6, 6.07) is 13.2. The molecule has 0 bridgehead atoms. The Kier molecular flexibility index (Phi) is 5.79. The number of benzene rings is 2. The van der Waals surface area contributed by atoms with Crippen molar-refractivity contribution in [3.63, 3.8) is 0 Å². The van der Waals surface area contributed by atoms with Gasteiger partial charge < -0.3 is 9.47 Å². The first-order chi connectivity index (χ1) is 12.6. The van der Waals surface area contributed by atoms with E-state index in [2.05, 4.69) is 0 Å². The third kappa shape index (κ3) is 4.00. The highest BCUT2D eigenvalue weighted by Gasteiger charge is 2.21. The van der Waals surface area contributed by atoms with Gasteiger partial charge >= 0.3 is 0 Å². The van der Waals surface area contributed by atoms with Crippen LogP contribution >= 0.6 is 11.6 Å². The maximum absolute atomic E-state index is 12.9. The molecule has 0 saturated heterocycles. The van der Waals surface area contributed by atoms with Crippen LogP contribution in [0.2, 0.25) is 5.02 Å². The summed E-state index contributed by atoms with van der Waals surface area (Å²) < 4.78 is 10.8. The number of ether oxygens (including phenoxy) is 2. The molecule has 0 heterocycles. The minimum Gasteiger partial charge on any atom is -0.493 e. The summed E-state index contributed by atoms with van der Waals surface area (Å²) in [6.45, 7) is 0. The summed E-state index contributed by atoms with van der Waals surface area (Å²) in [6.07, 6.45) is 6.32. The SMILES string of the molecule is COc1cccc(/C=C2\CCC/C(=C\c3cccc(Cl)c3)C2=O)c1OC. The Morgan fingerprint density at radius 2 is 1.69 bits per heavy atom. The van der Waals surface area contributed by atoms with Crippen LogP contribution in [0.5, 0.6) is 11.5 Å². The molecule has 2 aromatic rings. The number of hydrogen-bond acceptors (Lipinski definition) is 3. The quantitative estimate of drug-likeness (QED) is 0.661. The second kappa shape index (κ2) is 8.24. The van der Waals surface area contributed by atoms with E-state index in [1.807, 2.05) is 54.6 Å². The number of allylic oxidation sites excluding steroid dienone is 2. The van der Waals surface area contributed by atoms with Crippen LogP contribution in [0.15, 0.2) is 53.6 Å². The lowest BCUT2D eigenvalue weighted by molar-refractivity contribution is -0.112. The van der Waals surface area contributed by atoms with Gasteiger partial charge in [-0.05, 0) is 55.2 Å². The molecule has 1 saturated carbocycles. The van der Waals surface area contributed by atoms with Gasteiger partial charge in [-0.25, -0.2) is 0 Å². The number of carbonyl (C=O) groups is 1. The van der Waals surface area contributed by atoms with Gasteiger partial charge in [0.05, 0.1) is 14.2 Å². The Hall–Kier alpha value is -2.52. The topological polar surface area (TPSA) is 35.5 Å². The predicted octanol–water partition coefficient (Wildman–Crippen LogP) is 5.58. The average molecular weight is 369 g/mol. The molecule has 0 amide bonds. The van der Waals surface area contributed by atoms with E-state index in [0.29, 0.717) is 16.5 Å². The molecular weight excluding hydrogens is 348 g/mol. The van der Waals surface area contributed by atoms with Crippen LogP contribution in [-0.4, -0.2) is 20.0 Å². The number of ketones is 1. The van der Waals surface area contributed by atoms with Gasteiger partial charge in [0.25, 0.3) is 0 Å². The Bertz CT molecular complexity index is 881. The van der Waals surface area contributed by atoms with Crippen molar-refractivity contribution in [3.8, 4) is 11.5 Å². The molecule has 0 atom stereocenters. The van der Waals surface area contributed by atoms with Crippen molar-refractivity contribution >= 4 is 29.5 Å². The maximum atomic E-state index is 12.9. The van der Waals surface area contributed by atoms with Crippen LogP contribution in [-0.2, 0) is 4.79 Å². The smallest absolute Gasteiger partial charge is 0.185 e. The van der Waals surface area contributed by atoms with E-state index in [4.69, 9.17) is 21.1 Å². The molecule has 2 aromatic carbocycles. The van der Waals surface area contributed by atoms with Crippen molar-refractivity contribution in [3.05, 3.63) is 69.8 Å². The molecule has 26 heavy (non-hydrogen) atoms. The zero-order valence-corrected chi connectivity index (χ0v) is 15.7. The molecule has 134 valence electrons. The number of hydrogen-bond donors (Lipinski definition) is 0. The average Bonchev–Trinajstić information content (AvgIpc) is 2.64. The van der Waals surface area contributed by atoms with E-state index in [1.54, 1.807) is 14.2 Å². The minimum absolute atomic E-state index is 0.0844. The largest absolute Gasteiger partial charge is 0.493 e. The molecule has 1 fully saturated rings. The second-order valence-electron chi connectivity index (χ2n) is 6.16. The van der Waals surface area contributed by atoms with Crippen LogP contribution in [0.4, 0.5) is 0 Å². The van der Waals surface area contributed by atoms with Gasteiger partial charge in [-0.3, -0.25) is 4.79 Å². The van der Waals surface area contributed by atoms with Crippen molar-refractivity contribution in [2.75, 3.05) is 14.2 Å². The molecule has 0 unspecified atom stereocenters. The molecule has 1 aliphatic carbocycles. The summed E-state index contributed by atoms with van der Waals surface area (Å²) in [5.74, 6) is 1.38. The zero-order chi connectivity index (χ0) is 18.5. The van der Waals surface area contributed by atoms with Crippen LogP contribution < -0.4 is 9.47 Å². The van der Waals surface area contributed by atoms with Gasteiger partial charge in [0, 0.05) is 21.7 Å². The van der Waals surface area contributed by atoms with Gasteiger partial charge in [0.15, 0.2) is 17.3 Å². The van der Waals surface area contributed by atoms with Crippen LogP contribution in [0.25, 0.3) is 12.2 Å². The minimum atomic E-state index is 0.0844. The lowest BCUT2D eigenvalue weighted by atomic mass is 9.86. The molecule has 0 spiro atoms. The van der Waals surface area contributed by atoms with Crippen molar-refractivity contribution in [2.24, 2.45) is 0 Å². The number of carbonyl (C=O) groups excluding carboxylic acids is 1. The molecule has 4 heteroatoms. The fraction of sp³-hybridized carbons (Fsp3) is 0.227. The number of methoxy groups -OCH3 is 2. The van der Waals surface area contributed by atoms with Gasteiger partial charge in [0.1, 0.15) is 0 Å². The highest BCUT2D eigenvalue weighted by Crippen LogP contribution is 2.35. The summed E-state index contributed by atoms with van der Waals surface area (Å²) >= 11 is 6.05. The summed E-state index contributed by atoms with van der Waals surface area (Å²) in [7, 11) is 3.21. The Morgan fingerprint density at radius 1 is 0.962 bits per heavy atom. The number of rotatable bonds is 4. The third-order valence-electron chi connectivity index (χ3n) is 4.43. The molecule has 3 nitrogen and oxygen atoms in total.